The van der Waals surface area contributed by atoms with E-state index in [0.29, 0.717) is 24.5 Å². The van der Waals surface area contributed by atoms with Crippen LogP contribution in [0.5, 0.6) is 0 Å². The van der Waals surface area contributed by atoms with Crippen LogP contribution in [0.4, 0.5) is 11.4 Å². The zero-order chi connectivity index (χ0) is 15.0. The Labute approximate surface area is 117 Å². The minimum atomic E-state index is -0.514. The van der Waals surface area contributed by atoms with Crippen molar-refractivity contribution in [3.8, 4) is 0 Å². The molecule has 0 saturated carbocycles. The first-order chi connectivity index (χ1) is 9.58. The van der Waals surface area contributed by atoms with Crippen molar-refractivity contribution < 1.29 is 19.1 Å². The molecule has 7 heteroatoms. The summed E-state index contributed by atoms with van der Waals surface area (Å²) in [7, 11) is 2.84. The second-order valence-electron chi connectivity index (χ2n) is 3.99. The first-order valence-corrected chi connectivity index (χ1v) is 6.05. The average molecular weight is 281 g/mol. The number of carbonyl (C=O) groups is 2. The lowest BCUT2D eigenvalue weighted by Crippen LogP contribution is -2.32. The summed E-state index contributed by atoms with van der Waals surface area (Å²) >= 11 is 0. The number of hydrogen-bond acceptors (Lipinski definition) is 6. The summed E-state index contributed by atoms with van der Waals surface area (Å²) in [6.07, 6.45) is 0. The molecule has 0 aliphatic rings. The smallest absolute Gasteiger partial charge is 0.340 e. The first kappa shape index (κ1) is 15.8. The van der Waals surface area contributed by atoms with E-state index >= 15 is 0 Å². The summed E-state index contributed by atoms with van der Waals surface area (Å²) < 4.78 is 9.49. The maximum absolute atomic E-state index is 11.6. The monoisotopic (exact) mass is 281 g/mol. The maximum Gasteiger partial charge on any atom is 0.340 e. The van der Waals surface area contributed by atoms with E-state index < -0.39 is 5.97 Å². The van der Waals surface area contributed by atoms with Gasteiger partial charge in [0.05, 0.1) is 25.8 Å². The van der Waals surface area contributed by atoms with Crippen molar-refractivity contribution in [2.45, 2.75) is 0 Å². The van der Waals surface area contributed by atoms with Crippen LogP contribution in [0.3, 0.4) is 0 Å². The number of carbonyl (C=O) groups excluding carboxylic acids is 2. The molecular weight excluding hydrogens is 262 g/mol. The van der Waals surface area contributed by atoms with Crippen molar-refractivity contribution in [3.05, 3.63) is 23.8 Å². The molecule has 0 heterocycles. The molecule has 0 aliphatic carbocycles. The van der Waals surface area contributed by atoms with Crippen molar-refractivity contribution in [1.82, 2.24) is 5.32 Å². The zero-order valence-corrected chi connectivity index (χ0v) is 11.6. The highest BCUT2D eigenvalue weighted by Gasteiger charge is 2.12. The highest BCUT2D eigenvalue weighted by Crippen LogP contribution is 2.19. The lowest BCUT2D eigenvalue weighted by Gasteiger charge is -2.11. The van der Waals surface area contributed by atoms with Crippen LogP contribution in [-0.4, -0.2) is 45.8 Å². The average Bonchev–Trinajstić information content (AvgIpc) is 2.45. The quantitative estimate of drug-likeness (QED) is 0.375. The fourth-order valence-electron chi connectivity index (χ4n) is 1.53. The Morgan fingerprint density at radius 1 is 1.30 bits per heavy atom. The third-order valence-corrected chi connectivity index (χ3v) is 2.52. The number of nitrogen functional groups attached to an aromatic ring is 1. The summed E-state index contributed by atoms with van der Waals surface area (Å²) in [5.41, 5.74) is 6.86. The fourth-order valence-corrected chi connectivity index (χ4v) is 1.53. The van der Waals surface area contributed by atoms with Gasteiger partial charge in [-0.15, -0.1) is 0 Å². The Morgan fingerprint density at radius 2 is 2.05 bits per heavy atom. The van der Waals surface area contributed by atoms with Gasteiger partial charge in [0.25, 0.3) is 0 Å². The van der Waals surface area contributed by atoms with Gasteiger partial charge in [-0.1, -0.05) is 0 Å². The van der Waals surface area contributed by atoms with Crippen LogP contribution < -0.4 is 16.4 Å². The fraction of sp³-hybridized carbons (Fsp3) is 0.385. The van der Waals surface area contributed by atoms with Crippen LogP contribution in [0.1, 0.15) is 10.4 Å². The zero-order valence-electron chi connectivity index (χ0n) is 11.6. The van der Waals surface area contributed by atoms with E-state index in [4.69, 9.17) is 10.5 Å². The minimum absolute atomic E-state index is 0.0393. The van der Waals surface area contributed by atoms with Gasteiger partial charge in [-0.25, -0.2) is 4.79 Å². The van der Waals surface area contributed by atoms with Gasteiger partial charge in [-0.05, 0) is 18.2 Å². The first-order valence-electron chi connectivity index (χ1n) is 6.05. The molecule has 0 aromatic heterocycles. The highest BCUT2D eigenvalue weighted by molar-refractivity contribution is 5.97. The molecule has 1 rings (SSSR count). The Morgan fingerprint density at radius 3 is 2.70 bits per heavy atom. The van der Waals surface area contributed by atoms with Gasteiger partial charge in [0.15, 0.2) is 0 Å². The highest BCUT2D eigenvalue weighted by atomic mass is 16.5. The lowest BCUT2D eigenvalue weighted by molar-refractivity contribution is -0.119. The molecule has 110 valence electrons. The van der Waals surface area contributed by atoms with Crippen LogP contribution >= 0.6 is 0 Å². The van der Waals surface area contributed by atoms with Crippen molar-refractivity contribution in [2.75, 3.05) is 45.0 Å². The molecular formula is C13H19N3O4. The minimum Gasteiger partial charge on any atom is -0.465 e. The molecule has 0 unspecified atom stereocenters. The Bertz CT molecular complexity index is 477. The van der Waals surface area contributed by atoms with E-state index in [1.807, 2.05) is 0 Å². The topological polar surface area (TPSA) is 103 Å². The van der Waals surface area contributed by atoms with Crippen molar-refractivity contribution in [2.24, 2.45) is 0 Å². The van der Waals surface area contributed by atoms with Crippen molar-refractivity contribution in [1.29, 1.82) is 0 Å². The molecule has 0 aliphatic heterocycles. The molecule has 1 aromatic carbocycles. The van der Waals surface area contributed by atoms with Gasteiger partial charge in [0.1, 0.15) is 0 Å². The third-order valence-electron chi connectivity index (χ3n) is 2.52. The Balaban J connectivity index is 2.63. The number of esters is 1. The summed E-state index contributed by atoms with van der Waals surface area (Å²) in [6, 6.07) is 4.76. The summed E-state index contributed by atoms with van der Waals surface area (Å²) in [6.45, 7) is 0.918. The van der Waals surface area contributed by atoms with E-state index in [1.165, 1.54) is 13.2 Å². The molecule has 7 nitrogen and oxygen atoms in total. The molecule has 0 bridgehead atoms. The van der Waals surface area contributed by atoms with Gasteiger partial charge in [-0.2, -0.15) is 0 Å². The van der Waals surface area contributed by atoms with Gasteiger partial charge < -0.3 is 25.8 Å². The predicted octanol–water partition coefficient (Wildman–Crippen LogP) is 0.230. The molecule has 0 radical (unpaired) electrons. The second kappa shape index (κ2) is 8.00. The normalized spacial score (nSPS) is 9.90. The number of ether oxygens (including phenoxy) is 2. The van der Waals surface area contributed by atoms with Crippen LogP contribution in [0.25, 0.3) is 0 Å². The van der Waals surface area contributed by atoms with Gasteiger partial charge in [-0.3, -0.25) is 4.79 Å². The molecule has 1 amide bonds. The number of anilines is 2. The van der Waals surface area contributed by atoms with Crippen LogP contribution in [0.15, 0.2) is 18.2 Å². The maximum atomic E-state index is 11.6. The molecule has 1 aromatic rings. The van der Waals surface area contributed by atoms with Crippen LogP contribution in [-0.2, 0) is 14.3 Å². The number of nitrogens with one attached hydrogen (secondary N) is 2. The molecule has 4 N–H and O–H groups in total. The summed E-state index contributed by atoms with van der Waals surface area (Å²) in [5.74, 6) is -0.714. The lowest BCUT2D eigenvalue weighted by atomic mass is 10.1. The van der Waals surface area contributed by atoms with Gasteiger partial charge in [0, 0.05) is 25.0 Å². The number of benzene rings is 1. The van der Waals surface area contributed by atoms with Crippen LogP contribution in [0.2, 0.25) is 0 Å². The molecule has 0 atom stereocenters. The molecule has 0 fully saturated rings. The van der Waals surface area contributed by atoms with E-state index in [1.54, 1.807) is 19.2 Å². The Kier molecular flexibility index (Phi) is 6.31. The molecule has 20 heavy (non-hydrogen) atoms. The second-order valence-corrected chi connectivity index (χ2v) is 3.99. The predicted molar refractivity (Wildman–Crippen MR) is 75.6 cm³/mol. The Hall–Kier alpha value is -2.28. The van der Waals surface area contributed by atoms with E-state index in [2.05, 4.69) is 15.4 Å². The van der Waals surface area contributed by atoms with E-state index in [-0.39, 0.29) is 18.0 Å². The largest absolute Gasteiger partial charge is 0.465 e. The number of hydrogen-bond donors (Lipinski definition) is 3. The van der Waals surface area contributed by atoms with Gasteiger partial charge in [0.2, 0.25) is 5.91 Å². The molecule has 0 saturated heterocycles. The number of nitrogens with two attached hydrogens (primary N) is 1. The summed E-state index contributed by atoms with van der Waals surface area (Å²) in [4.78, 5) is 23.1. The summed E-state index contributed by atoms with van der Waals surface area (Å²) in [5, 5.41) is 5.53. The van der Waals surface area contributed by atoms with Gasteiger partial charge >= 0.3 is 5.97 Å². The third kappa shape index (κ3) is 4.77. The van der Waals surface area contributed by atoms with E-state index in [9.17, 15) is 9.59 Å². The standard InChI is InChI=1S/C13H19N3O4/c1-19-6-5-15-12(17)8-16-11-4-3-9(14)7-10(11)13(18)20-2/h3-4,7,16H,5-6,8,14H2,1-2H3,(H,15,17). The van der Waals surface area contributed by atoms with Crippen molar-refractivity contribution >= 4 is 23.3 Å². The molecule has 0 spiro atoms. The SMILES string of the molecule is COCCNC(=O)CNc1ccc(N)cc1C(=O)OC. The number of amides is 1. The van der Waals surface area contributed by atoms with E-state index in [0.717, 1.165) is 0 Å². The number of rotatable bonds is 7. The van der Waals surface area contributed by atoms with Crippen LogP contribution in [0, 0.1) is 0 Å². The van der Waals surface area contributed by atoms with Crippen molar-refractivity contribution in [3.63, 3.8) is 0 Å². The number of methoxy groups -OCH3 is 2.